The molecule has 0 saturated carbocycles. The van der Waals surface area contributed by atoms with Crippen molar-refractivity contribution in [1.82, 2.24) is 9.55 Å². The molecule has 2 N–H and O–H groups in total. The molecule has 0 aliphatic carbocycles. The van der Waals surface area contributed by atoms with E-state index in [4.69, 9.17) is 0 Å². The molecule has 1 aromatic heterocycles. The number of allylic oxidation sites excluding steroid dienone is 1. The Kier molecular flexibility index (Phi) is 4.39. The van der Waals surface area contributed by atoms with Gasteiger partial charge in [-0.25, -0.2) is 9.36 Å². The second-order valence-electron chi connectivity index (χ2n) is 6.70. The van der Waals surface area contributed by atoms with E-state index in [1.165, 1.54) is 6.08 Å². The number of fused-ring (bicyclic) bond motifs is 1. The van der Waals surface area contributed by atoms with Crippen molar-refractivity contribution in [2.45, 2.75) is 13.8 Å². The van der Waals surface area contributed by atoms with Gasteiger partial charge in [-0.3, -0.25) is 14.8 Å². The molecule has 0 amide bonds. The van der Waals surface area contributed by atoms with E-state index >= 15 is 0 Å². The van der Waals surface area contributed by atoms with E-state index in [9.17, 15) is 14.7 Å². The van der Waals surface area contributed by atoms with Crippen LogP contribution in [0.3, 0.4) is 0 Å². The number of halogens is 1. The monoisotopic (exact) mass is 437 g/mol. The van der Waals surface area contributed by atoms with Crippen LogP contribution in [0.2, 0.25) is 0 Å². The minimum absolute atomic E-state index is 0.00645. The fourth-order valence-electron chi connectivity index (χ4n) is 3.32. The van der Waals surface area contributed by atoms with Crippen molar-refractivity contribution < 1.29 is 5.11 Å². The topological polar surface area (TPSA) is 87.4 Å². The highest BCUT2D eigenvalue weighted by Crippen LogP contribution is 2.35. The number of aryl methyl sites for hydroxylation is 2. The predicted octanol–water partition coefficient (Wildman–Crippen LogP) is 3.87. The molecule has 7 heteroatoms. The van der Waals surface area contributed by atoms with Crippen molar-refractivity contribution in [3.8, 4) is 11.6 Å². The van der Waals surface area contributed by atoms with Crippen LogP contribution in [0.15, 0.2) is 55.5 Å². The second kappa shape index (κ2) is 6.76. The van der Waals surface area contributed by atoms with Crippen LogP contribution in [-0.2, 0) is 0 Å². The summed E-state index contributed by atoms with van der Waals surface area (Å²) in [5.41, 5.74) is 3.27. The quantitative estimate of drug-likeness (QED) is 0.637. The maximum absolute atomic E-state index is 12.4. The van der Waals surface area contributed by atoms with Crippen LogP contribution in [0.1, 0.15) is 22.3 Å². The third kappa shape index (κ3) is 3.14. The molecule has 2 heterocycles. The minimum Gasteiger partial charge on any atom is -0.494 e. The number of hydrogen-bond acceptors (Lipinski definition) is 4. The fourth-order valence-corrected chi connectivity index (χ4v) is 3.68. The van der Waals surface area contributed by atoms with Gasteiger partial charge in [-0.1, -0.05) is 22.0 Å². The molecule has 6 nitrogen and oxygen atoms in total. The van der Waals surface area contributed by atoms with Crippen LogP contribution in [0, 0.1) is 13.8 Å². The lowest BCUT2D eigenvalue weighted by Crippen LogP contribution is -2.30. The molecule has 0 saturated heterocycles. The molecule has 3 aromatic rings. The number of aromatic amines is 1. The Labute approximate surface area is 168 Å². The number of hydrogen-bond donors (Lipinski definition) is 2. The standard InChI is InChI=1S/C21H16BrN3O3/c1-11-5-12(2)7-15(6-11)25-20(27)17(19(26)24-21(25)28)8-13-10-23-18-4-3-14(22)9-16(13)18/h3-10,27H,1-2H3,(H,24,26,28). The minimum atomic E-state index is -0.696. The Bertz CT molecular complexity index is 1280. The van der Waals surface area contributed by atoms with Gasteiger partial charge < -0.3 is 5.11 Å². The van der Waals surface area contributed by atoms with Crippen LogP contribution in [0.5, 0.6) is 5.88 Å². The smallest absolute Gasteiger partial charge is 0.335 e. The van der Waals surface area contributed by atoms with Crippen molar-refractivity contribution in [3.63, 3.8) is 0 Å². The molecule has 0 radical (unpaired) electrons. The summed E-state index contributed by atoms with van der Waals surface area (Å²) in [6.07, 6.45) is 3.16. The highest BCUT2D eigenvalue weighted by molar-refractivity contribution is 9.10. The molecule has 0 unspecified atom stereocenters. The Morgan fingerprint density at radius 1 is 1.11 bits per heavy atom. The van der Waals surface area contributed by atoms with Gasteiger partial charge in [0.05, 0.1) is 11.4 Å². The lowest BCUT2D eigenvalue weighted by molar-refractivity contribution is 0.429. The molecule has 0 bridgehead atoms. The first-order chi connectivity index (χ1) is 13.3. The summed E-state index contributed by atoms with van der Waals surface area (Å²) >= 11 is 3.43. The normalized spacial score (nSPS) is 13.9. The maximum Gasteiger partial charge on any atom is 0.335 e. The summed E-state index contributed by atoms with van der Waals surface area (Å²) in [5.74, 6) is -0.414. The first-order valence-electron chi connectivity index (χ1n) is 8.56. The Hall–Kier alpha value is -3.19. The van der Waals surface area contributed by atoms with Crippen molar-refractivity contribution in [3.05, 3.63) is 84.0 Å². The van der Waals surface area contributed by atoms with E-state index in [2.05, 4.69) is 25.9 Å². The summed E-state index contributed by atoms with van der Waals surface area (Å²) in [4.78, 5) is 31.4. The highest BCUT2D eigenvalue weighted by Gasteiger charge is 2.18. The molecular formula is C21H16BrN3O3. The summed E-state index contributed by atoms with van der Waals surface area (Å²) in [6.45, 7) is 3.80. The molecule has 2 aromatic carbocycles. The summed E-state index contributed by atoms with van der Waals surface area (Å²) < 4.78 is 1.97. The first-order valence-corrected chi connectivity index (χ1v) is 9.35. The Morgan fingerprint density at radius 3 is 2.54 bits per heavy atom. The molecule has 28 heavy (non-hydrogen) atoms. The van der Waals surface area contributed by atoms with Gasteiger partial charge in [0, 0.05) is 21.8 Å². The van der Waals surface area contributed by atoms with Crippen molar-refractivity contribution in [2.24, 2.45) is 4.99 Å². The number of H-pyrrole nitrogens is 1. The molecule has 0 atom stereocenters. The molecule has 0 spiro atoms. The van der Waals surface area contributed by atoms with Gasteiger partial charge >= 0.3 is 5.69 Å². The van der Waals surface area contributed by atoms with Gasteiger partial charge in [-0.15, -0.1) is 0 Å². The van der Waals surface area contributed by atoms with E-state index in [1.54, 1.807) is 18.3 Å². The summed E-state index contributed by atoms with van der Waals surface area (Å²) in [5, 5.41) is 10.8. The van der Waals surface area contributed by atoms with Crippen molar-refractivity contribution in [2.75, 3.05) is 0 Å². The van der Waals surface area contributed by atoms with E-state index in [0.29, 0.717) is 11.3 Å². The number of nitrogens with zero attached hydrogens (tertiary/aromatic N) is 2. The van der Waals surface area contributed by atoms with Gasteiger partial charge in [0.2, 0.25) is 5.88 Å². The molecule has 1 aliphatic rings. The number of aliphatic imine (C=N–C) groups is 1. The summed E-state index contributed by atoms with van der Waals surface area (Å²) in [6, 6.07) is 11.1. The summed E-state index contributed by atoms with van der Waals surface area (Å²) in [7, 11) is 0. The van der Waals surface area contributed by atoms with Crippen molar-refractivity contribution >= 4 is 39.5 Å². The zero-order valence-corrected chi connectivity index (χ0v) is 16.7. The van der Waals surface area contributed by atoms with Gasteiger partial charge in [0.25, 0.3) is 5.56 Å². The van der Waals surface area contributed by atoms with Gasteiger partial charge in [0.15, 0.2) is 0 Å². The SMILES string of the molecule is Cc1cc(C)cc(-n2c(O)c(C=C3C=Nc4ccc(Br)cc43)c(=O)[nH]c2=O)c1. The average Bonchev–Trinajstić information content (AvgIpc) is 2.99. The van der Waals surface area contributed by atoms with E-state index < -0.39 is 17.1 Å². The molecule has 1 aliphatic heterocycles. The number of nitrogens with one attached hydrogen (secondary N) is 1. The lowest BCUT2D eigenvalue weighted by atomic mass is 10.1. The molecular weight excluding hydrogens is 422 g/mol. The van der Waals surface area contributed by atoms with Crippen LogP contribution < -0.4 is 11.2 Å². The van der Waals surface area contributed by atoms with E-state index in [-0.39, 0.29) is 5.56 Å². The van der Waals surface area contributed by atoms with Crippen LogP contribution in [0.4, 0.5) is 5.69 Å². The number of aromatic nitrogens is 2. The molecule has 4 rings (SSSR count). The van der Waals surface area contributed by atoms with E-state index in [1.807, 2.05) is 38.1 Å². The van der Waals surface area contributed by atoms with Crippen molar-refractivity contribution in [1.29, 1.82) is 0 Å². The third-order valence-electron chi connectivity index (χ3n) is 4.50. The van der Waals surface area contributed by atoms with Crippen LogP contribution >= 0.6 is 15.9 Å². The zero-order chi connectivity index (χ0) is 20.0. The van der Waals surface area contributed by atoms with Gasteiger partial charge in [-0.05, 0) is 61.4 Å². The molecule has 140 valence electrons. The largest absolute Gasteiger partial charge is 0.494 e. The third-order valence-corrected chi connectivity index (χ3v) is 4.99. The van der Waals surface area contributed by atoms with Crippen LogP contribution in [0.25, 0.3) is 17.3 Å². The Morgan fingerprint density at radius 2 is 1.82 bits per heavy atom. The van der Waals surface area contributed by atoms with Crippen LogP contribution in [-0.4, -0.2) is 20.9 Å². The number of benzene rings is 2. The first kappa shape index (κ1) is 18.2. The highest BCUT2D eigenvalue weighted by atomic mass is 79.9. The second-order valence-corrected chi connectivity index (χ2v) is 7.61. The fraction of sp³-hybridized carbons (Fsp3) is 0.0952. The average molecular weight is 438 g/mol. The van der Waals surface area contributed by atoms with Gasteiger partial charge in [-0.2, -0.15) is 0 Å². The van der Waals surface area contributed by atoms with E-state index in [0.717, 1.165) is 31.4 Å². The molecule has 0 fully saturated rings. The number of aromatic hydroxyl groups is 1. The lowest BCUT2D eigenvalue weighted by Gasteiger charge is -2.12. The maximum atomic E-state index is 12.4. The number of rotatable bonds is 2. The zero-order valence-electron chi connectivity index (χ0n) is 15.2. The predicted molar refractivity (Wildman–Crippen MR) is 114 cm³/mol. The van der Waals surface area contributed by atoms with Gasteiger partial charge in [0.1, 0.15) is 5.56 Å². The Balaban J connectivity index is 1.94.